The van der Waals surface area contributed by atoms with Crippen molar-refractivity contribution in [2.75, 3.05) is 13.1 Å². The number of carboxylic acids is 1. The summed E-state index contributed by atoms with van der Waals surface area (Å²) in [5, 5.41) is 8.71. The van der Waals surface area contributed by atoms with Crippen LogP contribution in [0.15, 0.2) is 0 Å². The highest BCUT2D eigenvalue weighted by Gasteiger charge is 2.23. The molecule has 0 aromatic heterocycles. The van der Waals surface area contributed by atoms with Crippen LogP contribution in [0.4, 0.5) is 0 Å². The lowest BCUT2D eigenvalue weighted by Gasteiger charge is -2.35. The van der Waals surface area contributed by atoms with Crippen molar-refractivity contribution < 1.29 is 9.90 Å². The number of carbonyl (C=O) groups is 1. The fourth-order valence-electron chi connectivity index (χ4n) is 2.45. The van der Waals surface area contributed by atoms with Crippen molar-refractivity contribution in [3.8, 4) is 0 Å². The van der Waals surface area contributed by atoms with Gasteiger partial charge >= 0.3 is 5.97 Å². The molecule has 1 N–H and O–H groups in total. The summed E-state index contributed by atoms with van der Waals surface area (Å²) >= 11 is 0. The monoisotopic (exact) mass is 213 g/mol. The number of carboxylic acid groups (broad SMARTS) is 1. The molecule has 1 atom stereocenters. The van der Waals surface area contributed by atoms with E-state index in [1.807, 2.05) is 0 Å². The zero-order valence-corrected chi connectivity index (χ0v) is 9.91. The van der Waals surface area contributed by atoms with Gasteiger partial charge in [-0.25, -0.2) is 0 Å². The Morgan fingerprint density at radius 2 is 2.07 bits per heavy atom. The van der Waals surface area contributed by atoms with Crippen LogP contribution in [-0.4, -0.2) is 35.1 Å². The second kappa shape index (κ2) is 6.11. The quantitative estimate of drug-likeness (QED) is 0.762. The molecule has 0 amide bonds. The van der Waals surface area contributed by atoms with Crippen LogP contribution in [0.3, 0.4) is 0 Å². The minimum Gasteiger partial charge on any atom is -0.481 e. The van der Waals surface area contributed by atoms with Crippen LogP contribution in [-0.2, 0) is 4.79 Å². The Hall–Kier alpha value is -0.570. The average Bonchev–Trinajstić information content (AvgIpc) is 2.18. The SMILES string of the molecule is CCCC(C)N1CCC(CC(=O)O)CC1. The lowest BCUT2D eigenvalue weighted by atomic mass is 9.92. The standard InChI is InChI=1S/C12H23NO2/c1-3-4-10(2)13-7-5-11(6-8-13)9-12(14)15/h10-11H,3-9H2,1-2H3,(H,14,15). The maximum Gasteiger partial charge on any atom is 0.303 e. The van der Waals surface area contributed by atoms with Gasteiger partial charge in [-0.2, -0.15) is 0 Å². The van der Waals surface area contributed by atoms with Crippen molar-refractivity contribution in [1.82, 2.24) is 4.90 Å². The molecule has 3 heteroatoms. The first-order chi connectivity index (χ1) is 7.13. The normalized spacial score (nSPS) is 21.5. The van der Waals surface area contributed by atoms with Crippen molar-refractivity contribution in [3.63, 3.8) is 0 Å². The third-order valence-corrected chi connectivity index (χ3v) is 3.44. The van der Waals surface area contributed by atoms with E-state index in [1.54, 1.807) is 0 Å². The number of piperidine rings is 1. The summed E-state index contributed by atoms with van der Waals surface area (Å²) in [5.74, 6) is -0.234. The summed E-state index contributed by atoms with van der Waals surface area (Å²) in [6.07, 6.45) is 4.95. The third-order valence-electron chi connectivity index (χ3n) is 3.44. The van der Waals surface area contributed by atoms with Crippen molar-refractivity contribution in [2.24, 2.45) is 5.92 Å². The Kier molecular flexibility index (Phi) is 5.09. The van der Waals surface area contributed by atoms with E-state index in [1.165, 1.54) is 12.8 Å². The summed E-state index contributed by atoms with van der Waals surface area (Å²) in [7, 11) is 0. The maximum atomic E-state index is 10.6. The number of rotatable bonds is 5. The van der Waals surface area contributed by atoms with Crippen molar-refractivity contribution >= 4 is 5.97 Å². The molecular formula is C12H23NO2. The van der Waals surface area contributed by atoms with Gasteiger partial charge in [-0.3, -0.25) is 4.79 Å². The lowest BCUT2D eigenvalue weighted by molar-refractivity contribution is -0.138. The van der Waals surface area contributed by atoms with Crippen LogP contribution in [0, 0.1) is 5.92 Å². The van der Waals surface area contributed by atoms with Crippen molar-refractivity contribution in [1.29, 1.82) is 0 Å². The molecule has 1 rings (SSSR count). The molecule has 15 heavy (non-hydrogen) atoms. The van der Waals surface area contributed by atoms with Crippen LogP contribution in [0.2, 0.25) is 0 Å². The first kappa shape index (κ1) is 12.5. The zero-order chi connectivity index (χ0) is 11.3. The molecule has 0 bridgehead atoms. The summed E-state index contributed by atoms with van der Waals surface area (Å²) in [5.41, 5.74) is 0. The molecule has 1 aliphatic heterocycles. The Morgan fingerprint density at radius 3 is 2.53 bits per heavy atom. The summed E-state index contributed by atoms with van der Waals surface area (Å²) < 4.78 is 0. The third kappa shape index (κ3) is 4.20. The van der Waals surface area contributed by atoms with Gasteiger partial charge < -0.3 is 10.0 Å². The van der Waals surface area contributed by atoms with E-state index in [0.29, 0.717) is 18.4 Å². The minimum absolute atomic E-state index is 0.357. The Bertz CT molecular complexity index is 198. The first-order valence-electron chi connectivity index (χ1n) is 6.09. The van der Waals surface area contributed by atoms with Crippen LogP contribution >= 0.6 is 0 Å². The van der Waals surface area contributed by atoms with Gasteiger partial charge in [-0.1, -0.05) is 13.3 Å². The number of hydrogen-bond donors (Lipinski definition) is 1. The second-order valence-electron chi connectivity index (χ2n) is 4.71. The maximum absolute atomic E-state index is 10.6. The predicted molar refractivity (Wildman–Crippen MR) is 60.9 cm³/mol. The summed E-state index contributed by atoms with van der Waals surface area (Å²) in [6.45, 7) is 6.66. The molecule has 88 valence electrons. The second-order valence-corrected chi connectivity index (χ2v) is 4.71. The number of likely N-dealkylation sites (tertiary alicyclic amines) is 1. The molecule has 0 saturated carbocycles. The van der Waals surface area contributed by atoms with Crippen LogP contribution in [0.1, 0.15) is 46.0 Å². The van der Waals surface area contributed by atoms with Crippen LogP contribution in [0.5, 0.6) is 0 Å². The van der Waals surface area contributed by atoms with Crippen LogP contribution in [0.25, 0.3) is 0 Å². The Morgan fingerprint density at radius 1 is 1.47 bits per heavy atom. The van der Waals surface area contributed by atoms with Gasteiger partial charge in [0.1, 0.15) is 0 Å². The Labute approximate surface area is 92.5 Å². The van der Waals surface area contributed by atoms with Crippen molar-refractivity contribution in [3.05, 3.63) is 0 Å². The molecule has 1 unspecified atom stereocenters. The molecule has 3 nitrogen and oxygen atoms in total. The van der Waals surface area contributed by atoms with Gasteiger partial charge in [0.15, 0.2) is 0 Å². The fraction of sp³-hybridized carbons (Fsp3) is 0.917. The van der Waals surface area contributed by atoms with E-state index in [0.717, 1.165) is 25.9 Å². The minimum atomic E-state index is -0.643. The van der Waals surface area contributed by atoms with E-state index in [4.69, 9.17) is 5.11 Å². The fourth-order valence-corrected chi connectivity index (χ4v) is 2.45. The highest BCUT2D eigenvalue weighted by Crippen LogP contribution is 2.22. The number of aliphatic carboxylic acids is 1. The molecule has 0 spiro atoms. The highest BCUT2D eigenvalue weighted by atomic mass is 16.4. The molecule has 0 aromatic rings. The van der Waals surface area contributed by atoms with Crippen LogP contribution < -0.4 is 0 Å². The number of nitrogens with zero attached hydrogens (tertiary/aromatic N) is 1. The van der Waals surface area contributed by atoms with Gasteiger partial charge in [0.25, 0.3) is 0 Å². The summed E-state index contributed by atoms with van der Waals surface area (Å²) in [4.78, 5) is 13.1. The van der Waals surface area contributed by atoms with E-state index in [9.17, 15) is 4.79 Å². The van der Waals surface area contributed by atoms with Gasteiger partial charge in [0.2, 0.25) is 0 Å². The lowest BCUT2D eigenvalue weighted by Crippen LogP contribution is -2.40. The van der Waals surface area contributed by atoms with Gasteiger partial charge in [-0.05, 0) is 45.2 Å². The van der Waals surface area contributed by atoms with E-state index in [-0.39, 0.29) is 0 Å². The molecular weight excluding hydrogens is 190 g/mol. The highest BCUT2D eigenvalue weighted by molar-refractivity contribution is 5.67. The van der Waals surface area contributed by atoms with E-state index < -0.39 is 5.97 Å². The average molecular weight is 213 g/mol. The van der Waals surface area contributed by atoms with Gasteiger partial charge in [0.05, 0.1) is 0 Å². The molecule has 1 saturated heterocycles. The Balaban J connectivity index is 2.26. The predicted octanol–water partition coefficient (Wildman–Crippen LogP) is 2.36. The molecule has 1 aliphatic rings. The van der Waals surface area contributed by atoms with Gasteiger partial charge in [-0.15, -0.1) is 0 Å². The molecule has 0 radical (unpaired) electrons. The molecule has 0 aromatic carbocycles. The largest absolute Gasteiger partial charge is 0.481 e. The van der Waals surface area contributed by atoms with Crippen molar-refractivity contribution in [2.45, 2.75) is 52.0 Å². The smallest absolute Gasteiger partial charge is 0.303 e. The molecule has 1 fully saturated rings. The van der Waals surface area contributed by atoms with Gasteiger partial charge in [0, 0.05) is 12.5 Å². The topological polar surface area (TPSA) is 40.5 Å². The molecule has 0 aliphatic carbocycles. The molecule has 1 heterocycles. The first-order valence-corrected chi connectivity index (χ1v) is 6.09. The summed E-state index contributed by atoms with van der Waals surface area (Å²) in [6, 6.07) is 0.667. The van der Waals surface area contributed by atoms with E-state index in [2.05, 4.69) is 18.7 Å². The zero-order valence-electron chi connectivity index (χ0n) is 9.91. The van der Waals surface area contributed by atoms with E-state index >= 15 is 0 Å². The number of hydrogen-bond acceptors (Lipinski definition) is 2.